The first-order valence-electron chi connectivity index (χ1n) is 8.38. The van der Waals surface area contributed by atoms with Crippen molar-refractivity contribution in [3.05, 3.63) is 58.5 Å². The smallest absolute Gasteiger partial charge is 0.343 e. The number of carbonyl (C=O) groups is 3. The average molecular weight is 399 g/mol. The first-order chi connectivity index (χ1) is 13.5. The summed E-state index contributed by atoms with van der Waals surface area (Å²) >= 11 is 0.828. The third kappa shape index (κ3) is 4.52. The van der Waals surface area contributed by atoms with Crippen LogP contribution in [0.3, 0.4) is 0 Å². The highest BCUT2D eigenvalue weighted by molar-refractivity contribution is 8.18. The first kappa shape index (κ1) is 19.5. The largest absolute Gasteiger partial charge is 0.497 e. The molecular formula is C20H17NO6S. The summed E-state index contributed by atoms with van der Waals surface area (Å²) in [5.41, 5.74) is 1.01. The Morgan fingerprint density at radius 3 is 2.46 bits per heavy atom. The van der Waals surface area contributed by atoms with Crippen LogP contribution in [0.15, 0.2) is 47.4 Å². The molecule has 0 radical (unpaired) electrons. The van der Waals surface area contributed by atoms with E-state index in [0.717, 1.165) is 11.8 Å². The summed E-state index contributed by atoms with van der Waals surface area (Å²) in [6.07, 6.45) is 1.57. The van der Waals surface area contributed by atoms with Crippen LogP contribution in [-0.4, -0.2) is 30.8 Å². The maximum atomic E-state index is 12.4. The highest BCUT2D eigenvalue weighted by Gasteiger charge is 2.25. The lowest BCUT2D eigenvalue weighted by molar-refractivity contribution is -0.115. The topological polar surface area (TPSA) is 90.9 Å². The third-order valence-corrected chi connectivity index (χ3v) is 4.55. The maximum absolute atomic E-state index is 12.4. The van der Waals surface area contributed by atoms with Gasteiger partial charge in [0, 0.05) is 0 Å². The fourth-order valence-corrected chi connectivity index (χ4v) is 3.11. The highest BCUT2D eigenvalue weighted by Crippen LogP contribution is 2.32. The van der Waals surface area contributed by atoms with Crippen molar-refractivity contribution in [3.8, 4) is 17.2 Å². The third-order valence-electron chi connectivity index (χ3n) is 3.74. The van der Waals surface area contributed by atoms with Gasteiger partial charge in [-0.3, -0.25) is 14.9 Å². The van der Waals surface area contributed by atoms with E-state index < -0.39 is 17.1 Å². The number of methoxy groups -OCH3 is 1. The summed E-state index contributed by atoms with van der Waals surface area (Å²) in [5, 5.41) is 1.79. The van der Waals surface area contributed by atoms with Crippen LogP contribution >= 0.6 is 11.8 Å². The molecule has 3 rings (SSSR count). The van der Waals surface area contributed by atoms with Gasteiger partial charge in [-0.2, -0.15) is 0 Å². The number of carbonyl (C=O) groups excluding carboxylic acids is 3. The number of ether oxygens (including phenoxy) is 3. The second-order valence-corrected chi connectivity index (χ2v) is 6.62. The van der Waals surface area contributed by atoms with Crippen LogP contribution in [0.25, 0.3) is 6.08 Å². The van der Waals surface area contributed by atoms with Gasteiger partial charge < -0.3 is 14.2 Å². The Kier molecular flexibility index (Phi) is 6.00. The van der Waals surface area contributed by atoms with Crippen molar-refractivity contribution in [2.24, 2.45) is 0 Å². The SMILES string of the molecule is CCOc1cc(/C=C2\SC(=O)NC2=O)ccc1OC(=O)c1ccc(OC)cc1. The highest BCUT2D eigenvalue weighted by atomic mass is 32.2. The van der Waals surface area contributed by atoms with Gasteiger partial charge in [-0.1, -0.05) is 6.07 Å². The van der Waals surface area contributed by atoms with Crippen molar-refractivity contribution in [3.63, 3.8) is 0 Å². The minimum absolute atomic E-state index is 0.254. The van der Waals surface area contributed by atoms with Crippen LogP contribution in [0.1, 0.15) is 22.8 Å². The molecule has 2 amide bonds. The Morgan fingerprint density at radius 1 is 1.11 bits per heavy atom. The molecule has 28 heavy (non-hydrogen) atoms. The Morgan fingerprint density at radius 2 is 1.86 bits per heavy atom. The molecule has 0 bridgehead atoms. The predicted octanol–water partition coefficient (Wildman–Crippen LogP) is 3.64. The van der Waals surface area contributed by atoms with Crippen LogP contribution in [0.4, 0.5) is 4.79 Å². The van der Waals surface area contributed by atoms with Crippen LogP contribution in [0, 0.1) is 0 Å². The molecule has 1 aliphatic rings. The summed E-state index contributed by atoms with van der Waals surface area (Å²) < 4.78 is 16.1. The normalized spacial score (nSPS) is 14.7. The summed E-state index contributed by atoms with van der Waals surface area (Å²) in [4.78, 5) is 35.6. The van der Waals surface area contributed by atoms with Crippen molar-refractivity contribution in [2.75, 3.05) is 13.7 Å². The molecule has 1 saturated heterocycles. The second kappa shape index (κ2) is 8.62. The fourth-order valence-electron chi connectivity index (χ4n) is 2.43. The lowest BCUT2D eigenvalue weighted by Gasteiger charge is -2.12. The number of nitrogens with one attached hydrogen (secondary N) is 1. The second-order valence-electron chi connectivity index (χ2n) is 5.61. The Balaban J connectivity index is 1.82. The van der Waals surface area contributed by atoms with E-state index in [-0.39, 0.29) is 10.7 Å². The Bertz CT molecular complexity index is 952. The number of rotatable bonds is 6. The van der Waals surface area contributed by atoms with E-state index in [9.17, 15) is 14.4 Å². The molecule has 0 spiro atoms. The molecule has 144 valence electrons. The summed E-state index contributed by atoms with van der Waals surface area (Å²) in [6.45, 7) is 2.17. The molecule has 1 heterocycles. The number of amides is 2. The van der Waals surface area contributed by atoms with Crippen LogP contribution in [0.2, 0.25) is 0 Å². The predicted molar refractivity (Wildman–Crippen MR) is 105 cm³/mol. The molecule has 1 fully saturated rings. The standard InChI is InChI=1S/C20H17NO6S/c1-3-26-16-10-12(11-17-18(22)21-20(24)28-17)4-9-15(16)27-19(23)13-5-7-14(25-2)8-6-13/h4-11H,3H2,1-2H3,(H,21,22,24)/b17-11-. The zero-order chi connectivity index (χ0) is 20.1. The van der Waals surface area contributed by atoms with Gasteiger partial charge in [0.15, 0.2) is 11.5 Å². The van der Waals surface area contributed by atoms with E-state index in [1.165, 1.54) is 0 Å². The monoisotopic (exact) mass is 399 g/mol. The van der Waals surface area contributed by atoms with Crippen molar-refractivity contribution in [1.29, 1.82) is 0 Å². The van der Waals surface area contributed by atoms with Gasteiger partial charge in [-0.05, 0) is 66.7 Å². The van der Waals surface area contributed by atoms with Crippen LogP contribution in [0.5, 0.6) is 17.2 Å². The molecule has 0 aliphatic carbocycles. The molecular weight excluding hydrogens is 382 g/mol. The molecule has 8 heteroatoms. The molecule has 2 aromatic rings. The maximum Gasteiger partial charge on any atom is 0.343 e. The van der Waals surface area contributed by atoms with Gasteiger partial charge in [-0.25, -0.2) is 4.79 Å². The number of esters is 1. The quantitative estimate of drug-likeness (QED) is 0.450. The number of thioether (sulfide) groups is 1. The van der Waals surface area contributed by atoms with Gasteiger partial charge in [0.05, 0.1) is 24.2 Å². The molecule has 1 aliphatic heterocycles. The van der Waals surface area contributed by atoms with Gasteiger partial charge in [-0.15, -0.1) is 0 Å². The van der Waals surface area contributed by atoms with Gasteiger partial charge >= 0.3 is 5.97 Å². The summed E-state index contributed by atoms with van der Waals surface area (Å²) in [5.74, 6) is 0.267. The first-order valence-corrected chi connectivity index (χ1v) is 9.19. The van der Waals surface area contributed by atoms with Crippen molar-refractivity contribution < 1.29 is 28.6 Å². The minimum atomic E-state index is -0.536. The van der Waals surface area contributed by atoms with Crippen molar-refractivity contribution in [2.45, 2.75) is 6.92 Å². The van der Waals surface area contributed by atoms with E-state index in [1.54, 1.807) is 62.6 Å². The fraction of sp³-hybridized carbons (Fsp3) is 0.150. The van der Waals surface area contributed by atoms with E-state index in [2.05, 4.69) is 5.32 Å². The van der Waals surface area contributed by atoms with Crippen LogP contribution < -0.4 is 19.5 Å². The molecule has 2 aromatic carbocycles. The van der Waals surface area contributed by atoms with Crippen molar-refractivity contribution in [1.82, 2.24) is 5.32 Å². The van der Waals surface area contributed by atoms with E-state index >= 15 is 0 Å². The van der Waals surface area contributed by atoms with E-state index in [1.807, 2.05) is 0 Å². The molecule has 0 unspecified atom stereocenters. The zero-order valence-corrected chi connectivity index (χ0v) is 16.0. The van der Waals surface area contributed by atoms with Gasteiger partial charge in [0.1, 0.15) is 5.75 Å². The Labute approximate surface area is 165 Å². The summed E-state index contributed by atoms with van der Waals surface area (Å²) in [7, 11) is 1.54. The molecule has 7 nitrogen and oxygen atoms in total. The number of imide groups is 1. The van der Waals surface area contributed by atoms with Crippen LogP contribution in [-0.2, 0) is 4.79 Å². The molecule has 0 saturated carbocycles. The molecule has 0 aromatic heterocycles. The minimum Gasteiger partial charge on any atom is -0.497 e. The van der Waals surface area contributed by atoms with Gasteiger partial charge in [0.25, 0.3) is 11.1 Å². The zero-order valence-electron chi connectivity index (χ0n) is 15.2. The number of benzene rings is 2. The molecule has 1 N–H and O–H groups in total. The lowest BCUT2D eigenvalue weighted by atomic mass is 10.1. The van der Waals surface area contributed by atoms with Crippen molar-refractivity contribution >= 4 is 35.0 Å². The molecule has 0 atom stereocenters. The average Bonchev–Trinajstić information content (AvgIpc) is 3.01. The number of hydrogen-bond acceptors (Lipinski definition) is 7. The van der Waals surface area contributed by atoms with Gasteiger partial charge in [0.2, 0.25) is 0 Å². The lowest BCUT2D eigenvalue weighted by Crippen LogP contribution is -2.17. The van der Waals surface area contributed by atoms with E-state index in [0.29, 0.717) is 29.2 Å². The Hall–Kier alpha value is -3.26. The summed E-state index contributed by atoms with van der Waals surface area (Å²) in [6, 6.07) is 11.4. The number of hydrogen-bond donors (Lipinski definition) is 1. The van der Waals surface area contributed by atoms with E-state index in [4.69, 9.17) is 14.2 Å².